The van der Waals surface area contributed by atoms with E-state index in [2.05, 4.69) is 15.4 Å². The first-order valence-corrected chi connectivity index (χ1v) is 11.3. The summed E-state index contributed by atoms with van der Waals surface area (Å²) in [5, 5.41) is -2.65. The molecule has 16 radical (unpaired) electrons. The number of aryl methyl sites for hydroxylation is 1. The molecule has 4 rings (SSSR count). The highest BCUT2D eigenvalue weighted by molar-refractivity contribution is 6.62. The summed E-state index contributed by atoms with van der Waals surface area (Å²) in [6.07, 6.45) is -1.76. The third kappa shape index (κ3) is 5.05. The Morgan fingerprint density at radius 2 is 1.36 bits per heavy atom. The van der Waals surface area contributed by atoms with Crippen LogP contribution in [0, 0.1) is 18.6 Å². The Bertz CT molecular complexity index is 1340. The van der Waals surface area contributed by atoms with Crippen LogP contribution >= 0.6 is 0 Å². The predicted molar refractivity (Wildman–Crippen MR) is 148 cm³/mol. The number of aromatic nitrogens is 3. The molecule has 0 saturated carbocycles. The summed E-state index contributed by atoms with van der Waals surface area (Å²) >= 11 is 0. The molecular formula is C21H14B8F4N6. The molecule has 0 bridgehead atoms. The lowest BCUT2D eigenvalue weighted by atomic mass is 9.26. The van der Waals surface area contributed by atoms with Crippen molar-refractivity contribution in [1.82, 2.24) is 19.7 Å². The first-order valence-electron chi connectivity index (χ1n) is 11.3. The first-order chi connectivity index (χ1) is 17.9. The summed E-state index contributed by atoms with van der Waals surface area (Å²) in [5.74, 6) is -1.55. The van der Waals surface area contributed by atoms with Gasteiger partial charge in [0.1, 0.15) is 18.0 Å². The number of piperazine rings is 1. The molecule has 1 aromatic heterocycles. The largest absolute Gasteiger partial charge is 0.394 e. The van der Waals surface area contributed by atoms with Crippen LogP contribution in [0.5, 0.6) is 0 Å². The van der Waals surface area contributed by atoms with Gasteiger partial charge in [-0.2, -0.15) is 4.98 Å². The SMILES string of the molecule is [B]C1([B])N(CC(F)F)C([B])([B])C([B])([B])N(c2cc(C)cc(Nc3ncn(-c4cc(F)cc(F)c4)n3)c2)C1([B])[B]. The number of nitrogens with zero attached hydrogens (tertiary/aromatic N) is 5. The second-order valence-electron chi connectivity index (χ2n) is 9.46. The molecular weight excluding hydrogens is 499 g/mol. The van der Waals surface area contributed by atoms with Gasteiger partial charge in [-0.3, -0.25) is 0 Å². The minimum atomic E-state index is -2.99. The Hall–Kier alpha value is -2.62. The molecule has 0 spiro atoms. The predicted octanol–water partition coefficient (Wildman–Crippen LogP) is -0.0522. The standard InChI is InChI=1S/C21H14B8F4N6/c1-10-2-13(35-17-34-9-37(36-17)14-5-11(30)4-12(31)6-14)7-15(3-10)39-20(26,27)18(22,23)38(8-16(32)33)19(24,25)21(39,28)29/h2-7,9,16H,8H2,1H3,(H,35,36). The van der Waals surface area contributed by atoms with E-state index in [4.69, 9.17) is 62.8 Å². The fraction of sp³-hybridized carbons (Fsp3) is 0.333. The van der Waals surface area contributed by atoms with E-state index in [0.29, 0.717) is 16.2 Å². The van der Waals surface area contributed by atoms with Crippen molar-refractivity contribution in [1.29, 1.82) is 0 Å². The van der Waals surface area contributed by atoms with E-state index in [0.717, 1.165) is 27.8 Å². The topological polar surface area (TPSA) is 49.2 Å². The highest BCUT2D eigenvalue weighted by Gasteiger charge is 2.60. The Morgan fingerprint density at radius 1 is 0.795 bits per heavy atom. The maximum Gasteiger partial charge on any atom is 0.251 e. The normalized spacial score (nSPS) is 19.7. The first kappa shape index (κ1) is 29.4. The number of anilines is 3. The van der Waals surface area contributed by atoms with Crippen molar-refractivity contribution in [3.05, 3.63) is 59.9 Å². The molecule has 180 valence electrons. The van der Waals surface area contributed by atoms with Gasteiger partial charge in [-0.1, -0.05) is 0 Å². The average Bonchev–Trinajstić information content (AvgIpc) is 3.23. The molecule has 1 aliphatic rings. The number of alkyl halides is 2. The number of benzene rings is 2. The van der Waals surface area contributed by atoms with Crippen molar-refractivity contribution in [2.75, 3.05) is 16.8 Å². The van der Waals surface area contributed by atoms with Gasteiger partial charge in [-0.15, -0.1) is 5.10 Å². The Balaban J connectivity index is 1.73. The summed E-state index contributed by atoms with van der Waals surface area (Å²) in [5.41, 5.74) is 1.14. The van der Waals surface area contributed by atoms with Crippen LogP contribution in [0.25, 0.3) is 5.69 Å². The van der Waals surface area contributed by atoms with E-state index in [1.54, 1.807) is 19.1 Å². The van der Waals surface area contributed by atoms with Gasteiger partial charge in [0.15, 0.2) is 0 Å². The fourth-order valence-corrected chi connectivity index (χ4v) is 4.48. The van der Waals surface area contributed by atoms with Crippen LogP contribution in [-0.2, 0) is 0 Å². The monoisotopic (exact) mass is 514 g/mol. The molecule has 2 aromatic carbocycles. The van der Waals surface area contributed by atoms with E-state index in [-0.39, 0.29) is 17.3 Å². The van der Waals surface area contributed by atoms with Crippen molar-refractivity contribution >= 4 is 80.1 Å². The van der Waals surface area contributed by atoms with Gasteiger partial charge >= 0.3 is 0 Å². The highest BCUT2D eigenvalue weighted by Crippen LogP contribution is 2.45. The summed E-state index contributed by atoms with van der Waals surface area (Å²) in [6.45, 7) is 0.563. The molecule has 2 heterocycles. The van der Waals surface area contributed by atoms with Crippen LogP contribution < -0.4 is 10.2 Å². The molecule has 1 fully saturated rings. The third-order valence-electron chi connectivity index (χ3n) is 6.42. The highest BCUT2D eigenvalue weighted by atomic mass is 19.3. The molecule has 1 saturated heterocycles. The Labute approximate surface area is 234 Å². The van der Waals surface area contributed by atoms with Gasteiger partial charge < -0.3 is 15.1 Å². The van der Waals surface area contributed by atoms with Gasteiger partial charge in [0, 0.05) is 17.4 Å². The van der Waals surface area contributed by atoms with E-state index >= 15 is 0 Å². The fourth-order valence-electron chi connectivity index (χ4n) is 4.48. The molecule has 0 atom stereocenters. The Kier molecular flexibility index (Phi) is 7.37. The number of rotatable bonds is 6. The van der Waals surface area contributed by atoms with Crippen molar-refractivity contribution in [2.45, 2.75) is 34.7 Å². The van der Waals surface area contributed by atoms with Gasteiger partial charge in [-0.25, -0.2) is 22.2 Å². The number of hydrogen-bond acceptors (Lipinski definition) is 5. The molecule has 1 aliphatic heterocycles. The molecule has 0 amide bonds. The van der Waals surface area contributed by atoms with Gasteiger partial charge in [-0.05, 0) is 64.2 Å². The maximum atomic E-state index is 13.6. The van der Waals surface area contributed by atoms with Gasteiger partial charge in [0.25, 0.3) is 6.43 Å². The summed E-state index contributed by atoms with van der Waals surface area (Å²) < 4.78 is 55.2. The van der Waals surface area contributed by atoms with Crippen LogP contribution in [0.4, 0.5) is 34.9 Å². The quantitative estimate of drug-likeness (QED) is 0.371. The summed E-state index contributed by atoms with van der Waals surface area (Å²) in [6, 6.07) is 7.53. The second kappa shape index (κ2) is 9.78. The maximum absolute atomic E-state index is 13.6. The minimum absolute atomic E-state index is 0.0375. The molecule has 18 heteroatoms. The smallest absolute Gasteiger partial charge is 0.251 e. The van der Waals surface area contributed by atoms with Gasteiger partial charge in [0.05, 0.1) is 75.0 Å². The minimum Gasteiger partial charge on any atom is -0.394 e. The lowest BCUT2D eigenvalue weighted by Gasteiger charge is -2.76. The molecule has 1 N–H and O–H groups in total. The van der Waals surface area contributed by atoms with Crippen LogP contribution in [0.1, 0.15) is 5.56 Å². The summed E-state index contributed by atoms with van der Waals surface area (Å²) in [4.78, 5) is 5.59. The zero-order chi connectivity index (χ0) is 29.1. The van der Waals surface area contributed by atoms with E-state index in [9.17, 15) is 17.6 Å². The molecule has 3 aromatic rings. The van der Waals surface area contributed by atoms with Crippen molar-refractivity contribution in [3.63, 3.8) is 0 Å². The number of hydrogen-bond donors (Lipinski definition) is 1. The number of nitrogens with one attached hydrogen (secondary N) is 1. The van der Waals surface area contributed by atoms with Crippen molar-refractivity contribution < 1.29 is 17.6 Å². The molecule has 0 unspecified atom stereocenters. The van der Waals surface area contributed by atoms with Crippen LogP contribution in [0.15, 0.2) is 42.7 Å². The lowest BCUT2D eigenvalue weighted by molar-refractivity contribution is 0.0287. The van der Waals surface area contributed by atoms with Gasteiger partial charge in [0.2, 0.25) is 5.95 Å². The molecule has 0 aliphatic carbocycles. The van der Waals surface area contributed by atoms with E-state index in [1.807, 2.05) is 0 Å². The van der Waals surface area contributed by atoms with E-state index in [1.165, 1.54) is 12.4 Å². The second-order valence-corrected chi connectivity index (χ2v) is 9.46. The van der Waals surface area contributed by atoms with Crippen LogP contribution in [0.3, 0.4) is 0 Å². The Morgan fingerprint density at radius 3 is 1.90 bits per heavy atom. The molecule has 39 heavy (non-hydrogen) atoms. The average molecular weight is 513 g/mol. The number of halogens is 4. The molecule has 6 nitrogen and oxygen atoms in total. The van der Waals surface area contributed by atoms with Crippen molar-refractivity contribution in [3.8, 4) is 5.69 Å². The zero-order valence-electron chi connectivity index (χ0n) is 20.7. The van der Waals surface area contributed by atoms with Crippen LogP contribution in [0.2, 0.25) is 0 Å². The van der Waals surface area contributed by atoms with Crippen molar-refractivity contribution in [2.24, 2.45) is 0 Å². The van der Waals surface area contributed by atoms with E-state index < -0.39 is 46.0 Å². The van der Waals surface area contributed by atoms with Crippen LogP contribution in [-0.4, -0.2) is 117 Å². The summed E-state index contributed by atoms with van der Waals surface area (Å²) in [7, 11) is 50.0. The lowest BCUT2D eigenvalue weighted by Crippen LogP contribution is -2.92. The third-order valence-corrected chi connectivity index (χ3v) is 6.42. The zero-order valence-corrected chi connectivity index (χ0v) is 20.7.